The predicted molar refractivity (Wildman–Crippen MR) is 77.9 cm³/mol. The number of carbonyl (C=O) groups excluding carboxylic acids is 1. The molecule has 0 saturated heterocycles. The van der Waals surface area contributed by atoms with Crippen molar-refractivity contribution in [3.05, 3.63) is 75.3 Å². The number of nitrogens with zero attached hydrogens (tertiary/aromatic N) is 1. The largest absolute Gasteiger partial charge is 0.345 e. The van der Waals surface area contributed by atoms with Crippen LogP contribution in [0.1, 0.15) is 35.6 Å². The molecule has 1 amide bonds. The number of hydrogen-bond donors (Lipinski definition) is 1. The molecule has 106 valence electrons. The van der Waals surface area contributed by atoms with E-state index in [1.54, 1.807) is 12.1 Å². The summed E-state index contributed by atoms with van der Waals surface area (Å²) in [7, 11) is 0. The van der Waals surface area contributed by atoms with Crippen LogP contribution in [-0.4, -0.2) is 10.8 Å². The molecule has 0 unspecified atom stereocenters. The number of hydrogen-bond acceptors (Lipinski definition) is 3. The van der Waals surface area contributed by atoms with E-state index in [-0.39, 0.29) is 23.6 Å². The summed E-state index contributed by atoms with van der Waals surface area (Å²) in [6.45, 7) is 1.88. The van der Waals surface area contributed by atoms with Gasteiger partial charge in [-0.15, -0.1) is 0 Å². The van der Waals surface area contributed by atoms with Crippen molar-refractivity contribution in [2.75, 3.05) is 0 Å². The smallest absolute Gasteiger partial charge is 0.269 e. The van der Waals surface area contributed by atoms with E-state index >= 15 is 0 Å². The monoisotopic (exact) mass is 282 g/mol. The minimum absolute atomic E-state index is 0.0305. The average molecular weight is 282 g/mol. The molecule has 21 heavy (non-hydrogen) atoms. The molecule has 0 bridgehead atoms. The van der Waals surface area contributed by atoms with Gasteiger partial charge in [-0.1, -0.05) is 24.3 Å². The first kappa shape index (κ1) is 13.3. The third-order valence-corrected chi connectivity index (χ3v) is 3.89. The maximum Gasteiger partial charge on any atom is 0.269 e. The number of nitrogens with one attached hydrogen (secondary N) is 1. The van der Waals surface area contributed by atoms with Gasteiger partial charge in [0.05, 0.1) is 16.9 Å². The molecule has 3 rings (SSSR count). The molecule has 0 aromatic heterocycles. The highest BCUT2D eigenvalue weighted by atomic mass is 16.6. The first-order chi connectivity index (χ1) is 10.1. The first-order valence-corrected chi connectivity index (χ1v) is 6.71. The third-order valence-electron chi connectivity index (χ3n) is 3.89. The summed E-state index contributed by atoms with van der Waals surface area (Å²) in [4.78, 5) is 22.4. The molecule has 5 heteroatoms. The Kier molecular flexibility index (Phi) is 3.17. The van der Waals surface area contributed by atoms with Crippen molar-refractivity contribution in [2.24, 2.45) is 0 Å². The van der Waals surface area contributed by atoms with Gasteiger partial charge in [0.2, 0.25) is 5.91 Å². The first-order valence-electron chi connectivity index (χ1n) is 6.71. The standard InChI is InChI=1S/C16H14N2O3/c1-10-13-4-2-3-5-14(13)15(17-16(10)19)11-6-8-12(9-7-11)18(20)21/h2-10,15H,1H3,(H,17,19)/t10-,15-/m0/s1. The zero-order chi connectivity index (χ0) is 15.0. The fourth-order valence-electron chi connectivity index (χ4n) is 2.71. The highest BCUT2D eigenvalue weighted by Crippen LogP contribution is 2.34. The number of amides is 1. The van der Waals surface area contributed by atoms with Crippen LogP contribution in [0.5, 0.6) is 0 Å². The maximum atomic E-state index is 12.1. The second-order valence-electron chi connectivity index (χ2n) is 5.14. The van der Waals surface area contributed by atoms with Gasteiger partial charge >= 0.3 is 0 Å². The molecule has 5 nitrogen and oxygen atoms in total. The Morgan fingerprint density at radius 2 is 1.67 bits per heavy atom. The molecule has 1 aliphatic heterocycles. The molecule has 1 aliphatic rings. The van der Waals surface area contributed by atoms with Gasteiger partial charge in [0.25, 0.3) is 5.69 Å². The number of nitro groups is 1. The van der Waals surface area contributed by atoms with E-state index < -0.39 is 4.92 Å². The summed E-state index contributed by atoms with van der Waals surface area (Å²) in [6.07, 6.45) is 0. The average Bonchev–Trinajstić information content (AvgIpc) is 2.51. The summed E-state index contributed by atoms with van der Waals surface area (Å²) in [5.74, 6) is -0.215. The summed E-state index contributed by atoms with van der Waals surface area (Å²) >= 11 is 0. The lowest BCUT2D eigenvalue weighted by molar-refractivity contribution is -0.384. The van der Waals surface area contributed by atoms with Crippen LogP contribution >= 0.6 is 0 Å². The molecule has 0 radical (unpaired) electrons. The van der Waals surface area contributed by atoms with Crippen molar-refractivity contribution in [3.63, 3.8) is 0 Å². The van der Waals surface area contributed by atoms with Gasteiger partial charge in [-0.3, -0.25) is 14.9 Å². The SMILES string of the molecule is C[C@@H]1C(=O)N[C@@H](c2ccc([N+](=O)[O-])cc2)c2ccccc21. The predicted octanol–water partition coefficient (Wildman–Crippen LogP) is 2.92. The molecule has 0 aliphatic carbocycles. The summed E-state index contributed by atoms with van der Waals surface area (Å²) in [6, 6.07) is 13.8. The Balaban J connectivity index is 2.04. The van der Waals surface area contributed by atoms with Gasteiger partial charge in [-0.2, -0.15) is 0 Å². The van der Waals surface area contributed by atoms with Crippen molar-refractivity contribution in [3.8, 4) is 0 Å². The lowest BCUT2D eigenvalue weighted by atomic mass is 9.84. The summed E-state index contributed by atoms with van der Waals surface area (Å²) < 4.78 is 0. The van der Waals surface area contributed by atoms with Crippen LogP contribution in [0.2, 0.25) is 0 Å². The Labute approximate surface area is 121 Å². The second-order valence-corrected chi connectivity index (χ2v) is 5.14. The molecule has 0 spiro atoms. The van der Waals surface area contributed by atoms with Crippen molar-refractivity contribution >= 4 is 11.6 Å². The van der Waals surface area contributed by atoms with Gasteiger partial charge < -0.3 is 5.32 Å². The Bertz CT molecular complexity index is 710. The molecule has 2 aromatic carbocycles. The number of non-ortho nitro benzene ring substituents is 1. The van der Waals surface area contributed by atoms with Crippen molar-refractivity contribution < 1.29 is 9.72 Å². The maximum absolute atomic E-state index is 12.1. The van der Waals surface area contributed by atoms with Crippen molar-refractivity contribution in [1.29, 1.82) is 0 Å². The van der Waals surface area contributed by atoms with Gasteiger partial charge in [0.15, 0.2) is 0 Å². The molecule has 0 saturated carbocycles. The Morgan fingerprint density at radius 1 is 1.05 bits per heavy atom. The summed E-state index contributed by atoms with van der Waals surface area (Å²) in [5.41, 5.74) is 2.93. The number of nitro benzene ring substituents is 1. The molecule has 1 heterocycles. The molecule has 2 aromatic rings. The minimum Gasteiger partial charge on any atom is -0.345 e. The number of benzene rings is 2. The van der Waals surface area contributed by atoms with E-state index in [0.717, 1.165) is 16.7 Å². The number of rotatable bonds is 2. The van der Waals surface area contributed by atoms with Crippen LogP contribution in [0.3, 0.4) is 0 Å². The Hall–Kier alpha value is -2.69. The van der Waals surface area contributed by atoms with Gasteiger partial charge in [-0.25, -0.2) is 0 Å². The second kappa shape index (κ2) is 5.01. The molecule has 2 atom stereocenters. The van der Waals surface area contributed by atoms with Crippen LogP contribution in [0, 0.1) is 10.1 Å². The normalized spacial score (nSPS) is 20.5. The third kappa shape index (κ3) is 2.27. The zero-order valence-corrected chi connectivity index (χ0v) is 11.4. The van der Waals surface area contributed by atoms with E-state index in [1.165, 1.54) is 12.1 Å². The number of fused-ring (bicyclic) bond motifs is 1. The topological polar surface area (TPSA) is 72.2 Å². The molecular formula is C16H14N2O3. The van der Waals surface area contributed by atoms with E-state index in [1.807, 2.05) is 31.2 Å². The minimum atomic E-state index is -0.431. The van der Waals surface area contributed by atoms with Crippen LogP contribution in [0.15, 0.2) is 48.5 Å². The lowest BCUT2D eigenvalue weighted by Crippen LogP contribution is -2.38. The fraction of sp³-hybridized carbons (Fsp3) is 0.188. The molecular weight excluding hydrogens is 268 g/mol. The van der Waals surface area contributed by atoms with Gasteiger partial charge in [0.1, 0.15) is 0 Å². The van der Waals surface area contributed by atoms with E-state index in [0.29, 0.717) is 0 Å². The highest BCUT2D eigenvalue weighted by Gasteiger charge is 2.30. The van der Waals surface area contributed by atoms with Crippen molar-refractivity contribution in [2.45, 2.75) is 18.9 Å². The molecule has 1 N–H and O–H groups in total. The van der Waals surface area contributed by atoms with E-state index in [2.05, 4.69) is 5.32 Å². The summed E-state index contributed by atoms with van der Waals surface area (Å²) in [5, 5.41) is 13.7. The van der Waals surface area contributed by atoms with Crippen LogP contribution in [-0.2, 0) is 4.79 Å². The zero-order valence-electron chi connectivity index (χ0n) is 11.4. The van der Waals surface area contributed by atoms with Crippen molar-refractivity contribution in [1.82, 2.24) is 5.32 Å². The molecule has 0 fully saturated rings. The quantitative estimate of drug-likeness (QED) is 0.680. The van der Waals surface area contributed by atoms with E-state index in [4.69, 9.17) is 0 Å². The fourth-order valence-corrected chi connectivity index (χ4v) is 2.71. The van der Waals surface area contributed by atoms with Crippen LogP contribution in [0.4, 0.5) is 5.69 Å². The lowest BCUT2D eigenvalue weighted by Gasteiger charge is -2.30. The van der Waals surface area contributed by atoms with Crippen LogP contribution in [0.25, 0.3) is 0 Å². The van der Waals surface area contributed by atoms with Crippen LogP contribution < -0.4 is 5.32 Å². The Morgan fingerprint density at radius 3 is 2.29 bits per heavy atom. The highest BCUT2D eigenvalue weighted by molar-refractivity contribution is 5.86. The van der Waals surface area contributed by atoms with Gasteiger partial charge in [-0.05, 0) is 35.7 Å². The van der Waals surface area contributed by atoms with Gasteiger partial charge in [0, 0.05) is 12.1 Å². The number of carbonyl (C=O) groups is 1. The van der Waals surface area contributed by atoms with E-state index in [9.17, 15) is 14.9 Å².